The third-order valence-electron chi connectivity index (χ3n) is 5.86. The second-order valence-corrected chi connectivity index (χ2v) is 9.78. The number of nitrogens with zero attached hydrogens (tertiary/aromatic N) is 2. The molecule has 0 saturated carbocycles. The zero-order chi connectivity index (χ0) is 23.8. The monoisotopic (exact) mass is 422 g/mol. The Morgan fingerprint density at radius 2 is 1.84 bits per heavy atom. The molecule has 0 radical (unpaired) electrons. The van der Waals surface area contributed by atoms with Gasteiger partial charge >= 0.3 is 0 Å². The predicted molar refractivity (Wildman–Crippen MR) is 128 cm³/mol. The van der Waals surface area contributed by atoms with Gasteiger partial charge in [-0.3, -0.25) is 9.59 Å². The van der Waals surface area contributed by atoms with Gasteiger partial charge in [-0.1, -0.05) is 55.4 Å². The first-order chi connectivity index (χ1) is 14.3. The first-order valence-electron chi connectivity index (χ1n) is 10.9. The Morgan fingerprint density at radius 3 is 2.42 bits per heavy atom. The van der Waals surface area contributed by atoms with E-state index in [2.05, 4.69) is 39.8 Å². The SMILES string of the molecule is CC1=C(/C=C/C(C)=C\C=C\C(C)=C\C(=O)N(C)CC(=O)C(C)(C)C#N)C(C)(C)CCC1. The number of allylic oxidation sites excluding steroid dienone is 9. The average molecular weight is 423 g/mol. The van der Waals surface area contributed by atoms with Crippen molar-refractivity contribution in [3.63, 3.8) is 0 Å². The van der Waals surface area contributed by atoms with Crippen molar-refractivity contribution in [2.24, 2.45) is 10.8 Å². The molecule has 0 atom stereocenters. The van der Waals surface area contributed by atoms with Crippen molar-refractivity contribution in [3.8, 4) is 6.07 Å². The molecule has 0 unspecified atom stereocenters. The van der Waals surface area contributed by atoms with Crippen LogP contribution in [0.1, 0.15) is 67.7 Å². The molecule has 0 aromatic rings. The van der Waals surface area contributed by atoms with Gasteiger partial charge in [0.25, 0.3) is 0 Å². The highest BCUT2D eigenvalue weighted by molar-refractivity contribution is 5.94. The summed E-state index contributed by atoms with van der Waals surface area (Å²) in [6, 6.07) is 1.97. The van der Waals surface area contributed by atoms with Crippen LogP contribution in [0.5, 0.6) is 0 Å². The third kappa shape index (κ3) is 8.17. The van der Waals surface area contributed by atoms with Gasteiger partial charge in [-0.05, 0) is 70.4 Å². The van der Waals surface area contributed by atoms with E-state index in [-0.39, 0.29) is 23.7 Å². The molecule has 1 rings (SSSR count). The highest BCUT2D eigenvalue weighted by atomic mass is 16.2. The molecule has 0 bridgehead atoms. The lowest BCUT2D eigenvalue weighted by Crippen LogP contribution is -2.37. The molecule has 0 aromatic heterocycles. The molecule has 31 heavy (non-hydrogen) atoms. The first-order valence-corrected chi connectivity index (χ1v) is 10.9. The molecule has 168 valence electrons. The summed E-state index contributed by atoms with van der Waals surface area (Å²) in [6.07, 6.45) is 15.4. The third-order valence-corrected chi connectivity index (χ3v) is 5.86. The van der Waals surface area contributed by atoms with Gasteiger partial charge in [0.1, 0.15) is 5.41 Å². The number of hydrogen-bond acceptors (Lipinski definition) is 3. The molecule has 4 heteroatoms. The zero-order valence-electron chi connectivity index (χ0n) is 20.5. The Morgan fingerprint density at radius 1 is 1.19 bits per heavy atom. The highest BCUT2D eigenvalue weighted by Crippen LogP contribution is 2.40. The molecule has 0 heterocycles. The number of carbonyl (C=O) groups is 2. The van der Waals surface area contributed by atoms with Gasteiger partial charge in [-0.15, -0.1) is 0 Å². The molecular weight excluding hydrogens is 384 g/mol. The van der Waals surface area contributed by atoms with Crippen LogP contribution in [0.4, 0.5) is 0 Å². The number of hydrogen-bond donors (Lipinski definition) is 0. The van der Waals surface area contributed by atoms with Crippen molar-refractivity contribution in [1.82, 2.24) is 4.90 Å². The minimum Gasteiger partial charge on any atom is -0.335 e. The number of likely N-dealkylation sites (N-methyl/N-ethyl adjacent to an activating group) is 1. The summed E-state index contributed by atoms with van der Waals surface area (Å²) in [5, 5.41) is 9.05. The van der Waals surface area contributed by atoms with Crippen LogP contribution in [-0.2, 0) is 9.59 Å². The summed E-state index contributed by atoms with van der Waals surface area (Å²) in [5.41, 5.74) is 3.99. The van der Waals surface area contributed by atoms with Gasteiger partial charge in [-0.25, -0.2) is 0 Å². The molecule has 1 aliphatic rings. The molecule has 0 fully saturated rings. The number of ketones is 1. The van der Waals surface area contributed by atoms with Crippen molar-refractivity contribution >= 4 is 11.7 Å². The van der Waals surface area contributed by atoms with E-state index in [0.29, 0.717) is 0 Å². The van der Waals surface area contributed by atoms with Gasteiger partial charge in [0.2, 0.25) is 5.91 Å². The molecule has 0 saturated heterocycles. The lowest BCUT2D eigenvalue weighted by Gasteiger charge is -2.32. The maximum atomic E-state index is 12.3. The molecule has 0 spiro atoms. The van der Waals surface area contributed by atoms with Gasteiger partial charge in [0, 0.05) is 13.1 Å². The van der Waals surface area contributed by atoms with Gasteiger partial charge in [0.05, 0.1) is 12.6 Å². The van der Waals surface area contributed by atoms with Crippen LogP contribution in [0, 0.1) is 22.2 Å². The predicted octanol–water partition coefficient (Wildman–Crippen LogP) is 6.10. The second kappa shape index (κ2) is 11.1. The zero-order valence-corrected chi connectivity index (χ0v) is 20.5. The van der Waals surface area contributed by atoms with Crippen molar-refractivity contribution in [2.75, 3.05) is 13.6 Å². The number of Topliss-reactive ketones (excluding diaryl/α,β-unsaturated/α-hetero) is 1. The van der Waals surface area contributed by atoms with E-state index >= 15 is 0 Å². The summed E-state index contributed by atoms with van der Waals surface area (Å²) in [6.45, 7) is 13.8. The van der Waals surface area contributed by atoms with E-state index in [4.69, 9.17) is 5.26 Å². The van der Waals surface area contributed by atoms with E-state index in [1.807, 2.05) is 31.2 Å². The van der Waals surface area contributed by atoms with E-state index < -0.39 is 5.41 Å². The smallest absolute Gasteiger partial charge is 0.246 e. The first kappa shape index (κ1) is 26.4. The Hall–Kier alpha value is -2.67. The number of rotatable bonds is 8. The number of carbonyl (C=O) groups excluding carboxylic acids is 2. The Kier molecular flexibility index (Phi) is 9.43. The second-order valence-electron chi connectivity index (χ2n) is 9.78. The summed E-state index contributed by atoms with van der Waals surface area (Å²) >= 11 is 0. The molecule has 0 aromatic carbocycles. The van der Waals surface area contributed by atoms with E-state index in [9.17, 15) is 9.59 Å². The molecule has 4 nitrogen and oxygen atoms in total. The maximum absolute atomic E-state index is 12.3. The normalized spacial score (nSPS) is 17.9. The maximum Gasteiger partial charge on any atom is 0.246 e. The largest absolute Gasteiger partial charge is 0.335 e. The lowest BCUT2D eigenvalue weighted by atomic mass is 9.72. The molecule has 1 amide bonds. The Balaban J connectivity index is 2.75. The minimum absolute atomic E-state index is 0.0810. The van der Waals surface area contributed by atoms with Crippen molar-refractivity contribution in [1.29, 1.82) is 5.26 Å². The van der Waals surface area contributed by atoms with Crippen molar-refractivity contribution in [2.45, 2.75) is 67.7 Å². The fraction of sp³-hybridized carbons (Fsp3) is 0.519. The van der Waals surface area contributed by atoms with Crippen LogP contribution in [0.25, 0.3) is 0 Å². The Bertz CT molecular complexity index is 887. The van der Waals surface area contributed by atoms with E-state index in [0.717, 1.165) is 11.1 Å². The van der Waals surface area contributed by atoms with Crippen molar-refractivity contribution < 1.29 is 9.59 Å². The molecular formula is C27H38N2O2. The standard InChI is InChI=1S/C27H38N2O2/c1-20(14-15-23-22(3)13-10-16-26(23,4)5)11-9-12-21(2)17-25(31)29(8)18-24(30)27(6,7)19-28/h9,11-12,14-15,17H,10,13,16,18H2,1-8H3/b12-9+,15-14+,20-11-,21-17+. The Labute approximate surface area is 188 Å². The van der Waals surface area contributed by atoms with E-state index in [1.54, 1.807) is 20.9 Å². The van der Waals surface area contributed by atoms with Crippen LogP contribution in [0.2, 0.25) is 0 Å². The van der Waals surface area contributed by atoms with Crippen LogP contribution in [-0.4, -0.2) is 30.2 Å². The van der Waals surface area contributed by atoms with Crippen LogP contribution >= 0.6 is 0 Å². The molecule has 0 aliphatic heterocycles. The van der Waals surface area contributed by atoms with Gasteiger partial charge < -0.3 is 4.90 Å². The molecule has 1 aliphatic carbocycles. The fourth-order valence-corrected chi connectivity index (χ4v) is 3.54. The van der Waals surface area contributed by atoms with Gasteiger partial charge in [0.15, 0.2) is 5.78 Å². The van der Waals surface area contributed by atoms with Crippen LogP contribution < -0.4 is 0 Å². The highest BCUT2D eigenvalue weighted by Gasteiger charge is 2.28. The summed E-state index contributed by atoms with van der Waals surface area (Å²) in [4.78, 5) is 25.8. The topological polar surface area (TPSA) is 61.2 Å². The average Bonchev–Trinajstić information content (AvgIpc) is 2.66. The quantitative estimate of drug-likeness (QED) is 0.351. The number of nitriles is 1. The van der Waals surface area contributed by atoms with Gasteiger partial charge in [-0.2, -0.15) is 5.26 Å². The van der Waals surface area contributed by atoms with Crippen LogP contribution in [0.3, 0.4) is 0 Å². The van der Waals surface area contributed by atoms with Crippen molar-refractivity contribution in [3.05, 3.63) is 58.7 Å². The minimum atomic E-state index is -1.09. The van der Waals surface area contributed by atoms with Crippen LogP contribution in [0.15, 0.2) is 58.7 Å². The van der Waals surface area contributed by atoms with E-state index in [1.165, 1.54) is 41.4 Å². The molecule has 0 N–H and O–H groups in total. The summed E-state index contributed by atoms with van der Waals surface area (Å²) in [5.74, 6) is -0.531. The summed E-state index contributed by atoms with van der Waals surface area (Å²) < 4.78 is 0. The lowest BCUT2D eigenvalue weighted by molar-refractivity contribution is -0.132. The number of amides is 1. The fourth-order valence-electron chi connectivity index (χ4n) is 3.54. The summed E-state index contributed by atoms with van der Waals surface area (Å²) in [7, 11) is 1.57.